The minimum atomic E-state index is -4.07. The molecule has 0 atom stereocenters. The molecule has 198 valence electrons. The van der Waals surface area contributed by atoms with Crippen molar-refractivity contribution in [1.82, 2.24) is 25.3 Å². The van der Waals surface area contributed by atoms with Crippen molar-refractivity contribution in [2.45, 2.75) is 17.9 Å². The van der Waals surface area contributed by atoms with Crippen LogP contribution in [0.3, 0.4) is 0 Å². The van der Waals surface area contributed by atoms with Gasteiger partial charge in [-0.25, -0.2) is 9.78 Å². The second kappa shape index (κ2) is 11.6. The molecule has 39 heavy (non-hydrogen) atoms. The minimum absolute atomic E-state index is 0.0142. The number of carbonyl (C=O) groups excluding carboxylic acids is 1. The van der Waals surface area contributed by atoms with Gasteiger partial charge in [-0.1, -0.05) is 12.1 Å². The van der Waals surface area contributed by atoms with E-state index < -0.39 is 16.1 Å². The SMILES string of the molecule is O=C(NCCc1ccccn1)Nc1nc2ccc(OS(=O)(=O)c3ccc(NCc4ccccn4)cc3)cc2[nH]1. The Morgan fingerprint density at radius 3 is 2.36 bits per heavy atom. The summed E-state index contributed by atoms with van der Waals surface area (Å²) in [6.45, 7) is 0.914. The Morgan fingerprint density at radius 1 is 0.897 bits per heavy atom. The number of hydrogen-bond donors (Lipinski definition) is 4. The van der Waals surface area contributed by atoms with E-state index >= 15 is 0 Å². The van der Waals surface area contributed by atoms with Crippen molar-refractivity contribution < 1.29 is 17.4 Å². The number of imidazole rings is 1. The van der Waals surface area contributed by atoms with Crippen LogP contribution in [-0.4, -0.2) is 40.9 Å². The van der Waals surface area contributed by atoms with Gasteiger partial charge in [0.1, 0.15) is 10.6 Å². The Hall–Kier alpha value is -4.97. The lowest BCUT2D eigenvalue weighted by molar-refractivity contribution is 0.252. The van der Waals surface area contributed by atoms with Gasteiger partial charge in [-0.05, 0) is 60.7 Å². The van der Waals surface area contributed by atoms with Gasteiger partial charge in [-0.15, -0.1) is 0 Å². The molecular weight excluding hydrogens is 518 g/mol. The van der Waals surface area contributed by atoms with Crippen LogP contribution in [0.4, 0.5) is 16.4 Å². The van der Waals surface area contributed by atoms with Crippen molar-refractivity contribution >= 4 is 38.8 Å². The zero-order chi connectivity index (χ0) is 27.1. The van der Waals surface area contributed by atoms with E-state index in [0.717, 1.165) is 17.1 Å². The van der Waals surface area contributed by atoms with Gasteiger partial charge in [0.25, 0.3) is 0 Å². The zero-order valence-electron chi connectivity index (χ0n) is 20.7. The topological polar surface area (TPSA) is 151 Å². The summed E-state index contributed by atoms with van der Waals surface area (Å²) in [6, 6.07) is 21.7. The van der Waals surface area contributed by atoms with Crippen LogP contribution in [0.1, 0.15) is 11.4 Å². The number of carbonyl (C=O) groups is 1. The van der Waals surface area contributed by atoms with E-state index in [0.29, 0.717) is 30.5 Å². The van der Waals surface area contributed by atoms with Crippen LogP contribution in [0.25, 0.3) is 11.0 Å². The molecule has 5 rings (SSSR count). The van der Waals surface area contributed by atoms with Crippen LogP contribution in [0.15, 0.2) is 96.2 Å². The Labute approximate surface area is 224 Å². The number of hydrogen-bond acceptors (Lipinski definition) is 8. The Balaban J connectivity index is 1.17. The van der Waals surface area contributed by atoms with Crippen LogP contribution in [0, 0.1) is 0 Å². The quantitative estimate of drug-likeness (QED) is 0.192. The lowest BCUT2D eigenvalue weighted by Crippen LogP contribution is -2.30. The number of urea groups is 1. The molecule has 0 aliphatic carbocycles. The fourth-order valence-corrected chi connectivity index (χ4v) is 4.63. The van der Waals surface area contributed by atoms with Gasteiger partial charge in [0, 0.05) is 42.8 Å². The van der Waals surface area contributed by atoms with Gasteiger partial charge in [0.05, 0.1) is 23.3 Å². The highest BCUT2D eigenvalue weighted by Gasteiger charge is 2.17. The van der Waals surface area contributed by atoms with E-state index in [9.17, 15) is 13.2 Å². The van der Waals surface area contributed by atoms with Crippen LogP contribution in [0.2, 0.25) is 0 Å². The molecule has 0 radical (unpaired) electrons. The first-order valence-electron chi connectivity index (χ1n) is 12.1. The number of aromatic nitrogens is 4. The highest BCUT2D eigenvalue weighted by Crippen LogP contribution is 2.24. The second-order valence-corrected chi connectivity index (χ2v) is 10.00. The summed E-state index contributed by atoms with van der Waals surface area (Å²) in [6.07, 6.45) is 4.01. The minimum Gasteiger partial charge on any atom is -0.379 e. The number of benzene rings is 2. The number of nitrogens with one attached hydrogen (secondary N) is 4. The zero-order valence-corrected chi connectivity index (χ0v) is 21.5. The van der Waals surface area contributed by atoms with Crippen LogP contribution in [-0.2, 0) is 23.1 Å². The molecule has 0 saturated carbocycles. The Bertz CT molecular complexity index is 1660. The number of fused-ring (bicyclic) bond motifs is 1. The summed E-state index contributed by atoms with van der Waals surface area (Å²) >= 11 is 0. The second-order valence-electron chi connectivity index (χ2n) is 8.45. The third kappa shape index (κ3) is 6.87. The summed E-state index contributed by atoms with van der Waals surface area (Å²) in [5, 5.41) is 8.57. The summed E-state index contributed by atoms with van der Waals surface area (Å²) < 4.78 is 31.0. The molecule has 0 spiro atoms. The standard InChI is InChI=1S/C27H25N7O4S/c35-27(30-16-13-19-5-1-3-14-28-19)34-26-32-24-12-9-22(17-25(24)33-26)38-39(36,37)23-10-7-20(8-11-23)31-18-21-6-2-4-15-29-21/h1-12,14-15,17,31H,13,16,18H2,(H3,30,32,33,34,35). The average molecular weight is 544 g/mol. The van der Waals surface area contributed by atoms with E-state index in [1.165, 1.54) is 24.3 Å². The van der Waals surface area contributed by atoms with Crippen LogP contribution >= 0.6 is 0 Å². The van der Waals surface area contributed by atoms with Gasteiger partial charge >= 0.3 is 16.1 Å². The van der Waals surface area contributed by atoms with E-state index in [-0.39, 0.29) is 16.6 Å². The van der Waals surface area contributed by atoms with Gasteiger partial charge in [-0.2, -0.15) is 8.42 Å². The molecule has 0 fully saturated rings. The van der Waals surface area contributed by atoms with E-state index in [2.05, 4.69) is 35.9 Å². The molecule has 0 unspecified atom stereocenters. The van der Waals surface area contributed by atoms with Crippen molar-refractivity contribution in [3.63, 3.8) is 0 Å². The summed E-state index contributed by atoms with van der Waals surface area (Å²) in [7, 11) is -4.07. The van der Waals surface area contributed by atoms with Crippen molar-refractivity contribution in [1.29, 1.82) is 0 Å². The largest absolute Gasteiger partial charge is 0.379 e. The van der Waals surface area contributed by atoms with E-state index in [1.807, 2.05) is 36.4 Å². The number of pyridine rings is 2. The number of aromatic amines is 1. The molecule has 11 nitrogen and oxygen atoms in total. The highest BCUT2D eigenvalue weighted by atomic mass is 32.2. The van der Waals surface area contributed by atoms with Gasteiger partial charge in [-0.3, -0.25) is 15.3 Å². The number of nitrogens with zero attached hydrogens (tertiary/aromatic N) is 3. The normalized spacial score (nSPS) is 11.2. The fourth-order valence-electron chi connectivity index (χ4n) is 3.71. The molecule has 12 heteroatoms. The lowest BCUT2D eigenvalue weighted by atomic mass is 10.3. The molecule has 3 aromatic heterocycles. The lowest BCUT2D eigenvalue weighted by Gasteiger charge is -2.09. The van der Waals surface area contributed by atoms with Crippen molar-refractivity contribution in [2.24, 2.45) is 0 Å². The third-order valence-corrected chi connectivity index (χ3v) is 6.89. The molecule has 0 aliphatic heterocycles. The highest BCUT2D eigenvalue weighted by molar-refractivity contribution is 7.87. The molecule has 0 saturated heterocycles. The first-order valence-corrected chi connectivity index (χ1v) is 13.5. The van der Waals surface area contributed by atoms with Crippen LogP contribution in [0.5, 0.6) is 5.75 Å². The maximum absolute atomic E-state index is 12.8. The maximum Gasteiger partial charge on any atom is 0.339 e. The summed E-state index contributed by atoms with van der Waals surface area (Å²) in [5.74, 6) is 0.323. The molecule has 5 aromatic rings. The Kier molecular flexibility index (Phi) is 7.64. The third-order valence-electron chi connectivity index (χ3n) is 5.63. The van der Waals surface area contributed by atoms with Gasteiger partial charge in [0.2, 0.25) is 5.95 Å². The molecule has 2 aromatic carbocycles. The number of anilines is 2. The van der Waals surface area contributed by atoms with Gasteiger partial charge < -0.3 is 19.8 Å². The average Bonchev–Trinajstić information content (AvgIpc) is 3.34. The smallest absolute Gasteiger partial charge is 0.339 e. The molecule has 2 amide bonds. The number of H-pyrrole nitrogens is 1. The Morgan fingerprint density at radius 2 is 1.64 bits per heavy atom. The predicted molar refractivity (Wildman–Crippen MR) is 147 cm³/mol. The van der Waals surface area contributed by atoms with Gasteiger partial charge in [0.15, 0.2) is 0 Å². The molecule has 4 N–H and O–H groups in total. The molecule has 0 aliphatic rings. The van der Waals surface area contributed by atoms with E-state index in [4.69, 9.17) is 4.18 Å². The first-order chi connectivity index (χ1) is 18.9. The van der Waals surface area contributed by atoms with Crippen molar-refractivity contribution in [3.8, 4) is 5.75 Å². The molecular formula is C27H25N7O4S. The van der Waals surface area contributed by atoms with Crippen molar-refractivity contribution in [3.05, 3.63) is 103 Å². The van der Waals surface area contributed by atoms with E-state index in [1.54, 1.807) is 30.6 Å². The maximum atomic E-state index is 12.8. The van der Waals surface area contributed by atoms with Crippen molar-refractivity contribution in [2.75, 3.05) is 17.2 Å². The summed E-state index contributed by atoms with van der Waals surface area (Å²) in [4.78, 5) is 27.9. The number of amides is 2. The molecule has 0 bridgehead atoms. The summed E-state index contributed by atoms with van der Waals surface area (Å²) in [5.41, 5.74) is 3.52. The fraction of sp³-hybridized carbons (Fsp3) is 0.111. The molecule has 3 heterocycles. The number of rotatable bonds is 10. The van der Waals surface area contributed by atoms with Crippen LogP contribution < -0.4 is 20.1 Å². The predicted octanol–water partition coefficient (Wildman–Crippen LogP) is 4.10. The first kappa shape index (κ1) is 25.7. The monoisotopic (exact) mass is 543 g/mol.